The van der Waals surface area contributed by atoms with E-state index in [1.54, 1.807) is 0 Å². The second-order valence-corrected chi connectivity index (χ2v) is 8.63. The van der Waals surface area contributed by atoms with Crippen LogP contribution in [0.25, 0.3) is 10.9 Å². The Labute approximate surface area is 162 Å². The minimum absolute atomic E-state index is 0.490. The average molecular weight is 382 g/mol. The minimum atomic E-state index is -2.16. The first-order chi connectivity index (χ1) is 13.1. The van der Waals surface area contributed by atoms with Gasteiger partial charge in [0.1, 0.15) is 0 Å². The molecule has 1 saturated heterocycles. The van der Waals surface area contributed by atoms with E-state index in [2.05, 4.69) is 35.3 Å². The van der Waals surface area contributed by atoms with E-state index < -0.39 is 16.3 Å². The first-order valence-corrected chi connectivity index (χ1v) is 10.7. The van der Waals surface area contributed by atoms with Crippen LogP contribution in [0.4, 0.5) is 0 Å². The summed E-state index contributed by atoms with van der Waals surface area (Å²) in [5.74, 6) is 0. The molecule has 1 aliphatic heterocycles. The molecule has 1 N–H and O–H groups in total. The summed E-state index contributed by atoms with van der Waals surface area (Å²) in [5.41, 5.74) is 4.34. The van der Waals surface area contributed by atoms with E-state index in [-0.39, 0.29) is 0 Å². The van der Waals surface area contributed by atoms with Crippen LogP contribution in [0.5, 0.6) is 0 Å². The minimum Gasteiger partial charge on any atom is -0.772 e. The zero-order valence-electron chi connectivity index (χ0n) is 15.6. The van der Waals surface area contributed by atoms with E-state index in [4.69, 9.17) is 0 Å². The molecule has 1 fully saturated rings. The summed E-state index contributed by atoms with van der Waals surface area (Å²) in [6.07, 6.45) is 6.15. The maximum absolute atomic E-state index is 11.8. The number of hydrogen-bond acceptors (Lipinski definition) is 3. The molecule has 3 atom stereocenters. The number of benzene rings is 2. The van der Waals surface area contributed by atoms with Gasteiger partial charge in [-0.25, -0.2) is 0 Å². The number of hydrogen-bond donors (Lipinski definition) is 1. The van der Waals surface area contributed by atoms with Crippen molar-refractivity contribution in [1.29, 1.82) is 0 Å². The lowest BCUT2D eigenvalue weighted by Gasteiger charge is -2.21. The molecule has 4 rings (SSSR count). The molecule has 1 aromatic heterocycles. The number of H-pyrrole nitrogens is 1. The van der Waals surface area contributed by atoms with Crippen LogP contribution in [0.2, 0.25) is 0 Å². The van der Waals surface area contributed by atoms with Gasteiger partial charge in [-0.1, -0.05) is 36.4 Å². The number of nitrogens with one attached hydrogen (secondary N) is 1. The topological polar surface area (TPSA) is 59.2 Å². The van der Waals surface area contributed by atoms with Gasteiger partial charge in [0.05, 0.1) is 5.25 Å². The van der Waals surface area contributed by atoms with Gasteiger partial charge < -0.3 is 14.4 Å². The van der Waals surface area contributed by atoms with E-state index in [1.165, 1.54) is 30.3 Å². The van der Waals surface area contributed by atoms with E-state index in [0.29, 0.717) is 12.5 Å². The van der Waals surface area contributed by atoms with Gasteiger partial charge >= 0.3 is 0 Å². The first-order valence-electron chi connectivity index (χ1n) is 9.54. The molecule has 1 aliphatic rings. The van der Waals surface area contributed by atoms with Crippen LogP contribution in [-0.4, -0.2) is 38.3 Å². The van der Waals surface area contributed by atoms with Crippen LogP contribution in [-0.2, 0) is 23.9 Å². The zero-order valence-corrected chi connectivity index (χ0v) is 16.4. The maximum atomic E-state index is 11.8. The van der Waals surface area contributed by atoms with Crippen LogP contribution in [0, 0.1) is 0 Å². The van der Waals surface area contributed by atoms with Gasteiger partial charge in [0, 0.05) is 23.1 Å². The molecule has 1 unspecified atom stereocenters. The lowest BCUT2D eigenvalue weighted by molar-refractivity contribution is 0.310. The molecule has 4 nitrogen and oxygen atoms in total. The third-order valence-corrected chi connectivity index (χ3v) is 6.69. The molecule has 0 aliphatic carbocycles. The summed E-state index contributed by atoms with van der Waals surface area (Å²) in [6.45, 7) is 1.17. The predicted octanol–water partition coefficient (Wildman–Crippen LogP) is 3.97. The number of nitrogens with zero attached hydrogens (tertiary/aromatic N) is 1. The van der Waals surface area contributed by atoms with Crippen LogP contribution >= 0.6 is 0 Å². The molecule has 5 heteroatoms. The summed E-state index contributed by atoms with van der Waals surface area (Å²) in [7, 11) is 2.20. The Hall–Kier alpha value is -1.95. The fraction of sp³-hybridized carbons (Fsp3) is 0.364. The van der Waals surface area contributed by atoms with E-state index in [9.17, 15) is 8.76 Å². The Morgan fingerprint density at radius 1 is 1.26 bits per heavy atom. The zero-order chi connectivity index (χ0) is 18.8. The number of aromatic amines is 1. The quantitative estimate of drug-likeness (QED) is 0.657. The van der Waals surface area contributed by atoms with Gasteiger partial charge in [-0.3, -0.25) is 4.21 Å². The molecule has 0 saturated carbocycles. The smallest absolute Gasteiger partial charge is 0.0505 e. The van der Waals surface area contributed by atoms with Crippen molar-refractivity contribution in [3.05, 3.63) is 71.4 Å². The highest BCUT2D eigenvalue weighted by Crippen LogP contribution is 2.28. The first kappa shape index (κ1) is 18.4. The largest absolute Gasteiger partial charge is 0.772 e. The molecule has 27 heavy (non-hydrogen) atoms. The maximum Gasteiger partial charge on any atom is 0.0505 e. The molecular formula is C22H25N2O2S-. The fourth-order valence-corrected chi connectivity index (χ4v) is 4.90. The SMILES string of the molecule is CN1CCC[C@@H]1Cc1c[nH]c2ccc(C[C@H](c3ccccc3)S(=O)[O-])cc12. The van der Waals surface area contributed by atoms with Gasteiger partial charge in [-0.2, -0.15) is 0 Å². The monoisotopic (exact) mass is 381 g/mol. The highest BCUT2D eigenvalue weighted by Gasteiger charge is 2.22. The highest BCUT2D eigenvalue weighted by molar-refractivity contribution is 7.79. The van der Waals surface area contributed by atoms with E-state index >= 15 is 0 Å². The van der Waals surface area contributed by atoms with Crippen LogP contribution in [0.1, 0.15) is 34.8 Å². The number of aromatic nitrogens is 1. The molecule has 0 spiro atoms. The predicted molar refractivity (Wildman–Crippen MR) is 109 cm³/mol. The second-order valence-electron chi connectivity index (χ2n) is 7.54. The number of likely N-dealkylation sites (N-methyl/N-ethyl adjacent to an activating group) is 1. The molecule has 0 amide bonds. The van der Waals surface area contributed by atoms with Gasteiger partial charge in [0.2, 0.25) is 0 Å². The van der Waals surface area contributed by atoms with Crippen molar-refractivity contribution in [2.75, 3.05) is 13.6 Å². The van der Waals surface area contributed by atoms with Crippen molar-refractivity contribution < 1.29 is 8.76 Å². The van der Waals surface area contributed by atoms with Gasteiger partial charge in [-0.05, 0) is 79.2 Å². The summed E-state index contributed by atoms with van der Waals surface area (Å²) in [5, 5.41) is 0.698. The van der Waals surface area contributed by atoms with Gasteiger partial charge in [0.15, 0.2) is 0 Å². The summed E-state index contributed by atoms with van der Waals surface area (Å²) in [6, 6.07) is 16.3. The van der Waals surface area contributed by atoms with Crippen molar-refractivity contribution >= 4 is 22.0 Å². The summed E-state index contributed by atoms with van der Waals surface area (Å²) < 4.78 is 23.7. The Morgan fingerprint density at radius 2 is 2.07 bits per heavy atom. The molecule has 2 aromatic carbocycles. The molecule has 3 aromatic rings. The molecule has 142 valence electrons. The number of rotatable bonds is 6. The lowest BCUT2D eigenvalue weighted by Crippen LogP contribution is -2.26. The normalized spacial score (nSPS) is 20.1. The van der Waals surface area contributed by atoms with E-state index in [1.807, 2.05) is 36.4 Å². The Morgan fingerprint density at radius 3 is 2.78 bits per heavy atom. The van der Waals surface area contributed by atoms with E-state index in [0.717, 1.165) is 23.1 Å². The molecule has 2 heterocycles. The summed E-state index contributed by atoms with van der Waals surface area (Å²) in [4.78, 5) is 5.81. The highest BCUT2D eigenvalue weighted by atomic mass is 32.2. The van der Waals surface area contributed by atoms with Gasteiger partial charge in [-0.15, -0.1) is 0 Å². The van der Waals surface area contributed by atoms with Crippen molar-refractivity contribution in [3.8, 4) is 0 Å². The van der Waals surface area contributed by atoms with Crippen molar-refractivity contribution in [3.63, 3.8) is 0 Å². The van der Waals surface area contributed by atoms with Crippen molar-refractivity contribution in [1.82, 2.24) is 9.88 Å². The number of likely N-dealkylation sites (tertiary alicyclic amines) is 1. The Balaban J connectivity index is 1.60. The Kier molecular flexibility index (Phi) is 5.43. The van der Waals surface area contributed by atoms with Gasteiger partial charge in [0.25, 0.3) is 0 Å². The lowest BCUT2D eigenvalue weighted by atomic mass is 9.99. The summed E-state index contributed by atoms with van der Waals surface area (Å²) >= 11 is -2.16. The van der Waals surface area contributed by atoms with Crippen LogP contribution in [0.15, 0.2) is 54.7 Å². The standard InChI is InChI=1S/C22H26N2O2S/c1-24-11-5-8-19(24)14-18-15-23-21-10-9-16(12-20(18)21)13-22(27(25)26)17-6-3-2-4-7-17/h2-4,6-7,9-10,12,15,19,22-23H,5,8,11,13-14H2,1H3,(H,25,26)/p-1/t19-,22-/m1/s1. The Bertz CT molecular complexity index is 938. The molecular weight excluding hydrogens is 356 g/mol. The third-order valence-electron chi connectivity index (χ3n) is 5.78. The van der Waals surface area contributed by atoms with Crippen LogP contribution in [0.3, 0.4) is 0 Å². The number of fused-ring (bicyclic) bond motifs is 1. The second kappa shape index (κ2) is 7.97. The third kappa shape index (κ3) is 4.00. The average Bonchev–Trinajstić information content (AvgIpc) is 3.27. The molecule has 0 bridgehead atoms. The van der Waals surface area contributed by atoms with Crippen molar-refractivity contribution in [2.45, 2.75) is 37.0 Å². The van der Waals surface area contributed by atoms with Crippen molar-refractivity contribution in [2.24, 2.45) is 0 Å². The molecule has 0 radical (unpaired) electrons. The van der Waals surface area contributed by atoms with Crippen LogP contribution < -0.4 is 0 Å². The fourth-order valence-electron chi connectivity index (χ4n) is 4.19.